The Balaban J connectivity index is 2.80. The van der Waals surface area contributed by atoms with Crippen molar-refractivity contribution < 1.29 is 12.8 Å². The van der Waals surface area contributed by atoms with Crippen molar-refractivity contribution in [3.63, 3.8) is 0 Å². The van der Waals surface area contributed by atoms with Crippen LogP contribution >= 0.6 is 0 Å². The lowest BCUT2D eigenvalue weighted by molar-refractivity contribution is 0.413. The van der Waals surface area contributed by atoms with E-state index in [1.165, 1.54) is 12.1 Å². The highest BCUT2D eigenvalue weighted by molar-refractivity contribution is 7.89. The zero-order chi connectivity index (χ0) is 11.3. The highest BCUT2D eigenvalue weighted by Gasteiger charge is 2.17. The first-order chi connectivity index (χ1) is 7.10. The number of nitrogens with two attached hydrogens (primary N) is 1. The fraction of sp³-hybridized carbons (Fsp3) is 0.333. The third kappa shape index (κ3) is 3.09. The standard InChI is InChI=1S/C9H12N2O3S/c1-2-3-6-11-15(12,13)9-5-4-8(7-10)14-9/h4-5,11H,6-7,10H2,1H3. The van der Waals surface area contributed by atoms with Crippen LogP contribution in [0.3, 0.4) is 0 Å². The molecule has 0 unspecified atom stereocenters. The molecule has 1 heterocycles. The van der Waals surface area contributed by atoms with Crippen molar-refractivity contribution in [2.45, 2.75) is 18.6 Å². The summed E-state index contributed by atoms with van der Waals surface area (Å²) in [7, 11) is -3.60. The van der Waals surface area contributed by atoms with E-state index in [2.05, 4.69) is 16.6 Å². The molecule has 0 bridgehead atoms. The Hall–Kier alpha value is -1.29. The van der Waals surface area contributed by atoms with Crippen molar-refractivity contribution in [2.75, 3.05) is 6.54 Å². The van der Waals surface area contributed by atoms with E-state index < -0.39 is 10.0 Å². The maximum Gasteiger partial charge on any atom is 0.274 e. The van der Waals surface area contributed by atoms with Gasteiger partial charge in [-0.05, 0) is 19.1 Å². The summed E-state index contributed by atoms with van der Waals surface area (Å²) in [5, 5.41) is -0.138. The molecule has 82 valence electrons. The van der Waals surface area contributed by atoms with Gasteiger partial charge in [-0.25, -0.2) is 8.42 Å². The molecule has 0 aliphatic rings. The molecular formula is C9H12N2O3S. The maximum atomic E-state index is 11.5. The second-order valence-electron chi connectivity index (χ2n) is 2.68. The zero-order valence-electron chi connectivity index (χ0n) is 8.28. The molecule has 6 heteroatoms. The van der Waals surface area contributed by atoms with Crippen LogP contribution in [0.4, 0.5) is 0 Å². The Bertz CT molecular complexity index is 479. The molecular weight excluding hydrogens is 216 g/mol. The maximum absolute atomic E-state index is 11.5. The summed E-state index contributed by atoms with van der Waals surface area (Å²) in [5.41, 5.74) is 5.30. The smallest absolute Gasteiger partial charge is 0.274 e. The molecule has 0 radical (unpaired) electrons. The van der Waals surface area contributed by atoms with Gasteiger partial charge in [0, 0.05) is 0 Å². The molecule has 0 amide bonds. The molecule has 15 heavy (non-hydrogen) atoms. The lowest BCUT2D eigenvalue weighted by Gasteiger charge is -1.99. The second-order valence-corrected chi connectivity index (χ2v) is 4.37. The van der Waals surface area contributed by atoms with Crippen LogP contribution in [-0.4, -0.2) is 15.0 Å². The Morgan fingerprint density at radius 3 is 2.80 bits per heavy atom. The van der Waals surface area contributed by atoms with Crippen molar-refractivity contribution >= 4 is 10.0 Å². The van der Waals surface area contributed by atoms with Crippen LogP contribution in [0.2, 0.25) is 0 Å². The lowest BCUT2D eigenvalue weighted by atomic mass is 10.5. The van der Waals surface area contributed by atoms with Gasteiger partial charge >= 0.3 is 0 Å². The lowest BCUT2D eigenvalue weighted by Crippen LogP contribution is -2.23. The van der Waals surface area contributed by atoms with Gasteiger partial charge in [-0.2, -0.15) is 4.72 Å². The van der Waals surface area contributed by atoms with E-state index in [0.29, 0.717) is 5.76 Å². The Kier molecular flexibility index (Phi) is 3.91. The molecule has 0 spiro atoms. The minimum Gasteiger partial charge on any atom is -0.447 e. The van der Waals surface area contributed by atoms with E-state index in [4.69, 9.17) is 10.2 Å². The van der Waals surface area contributed by atoms with Crippen LogP contribution in [-0.2, 0) is 16.6 Å². The van der Waals surface area contributed by atoms with Gasteiger partial charge in [0.05, 0.1) is 13.1 Å². The fourth-order valence-electron chi connectivity index (χ4n) is 0.903. The summed E-state index contributed by atoms with van der Waals surface area (Å²) in [6.45, 7) is 1.87. The van der Waals surface area contributed by atoms with E-state index in [1.807, 2.05) is 0 Å². The van der Waals surface area contributed by atoms with Gasteiger partial charge in [-0.1, -0.05) is 5.92 Å². The molecule has 0 saturated carbocycles. The van der Waals surface area contributed by atoms with Crippen molar-refractivity contribution in [2.24, 2.45) is 5.73 Å². The average Bonchev–Trinajstić information content (AvgIpc) is 2.66. The SMILES string of the molecule is CC#CCNS(=O)(=O)c1ccc(CN)o1. The van der Waals surface area contributed by atoms with Gasteiger partial charge < -0.3 is 10.2 Å². The Labute approximate surface area is 88.7 Å². The van der Waals surface area contributed by atoms with Crippen molar-refractivity contribution in [3.8, 4) is 11.8 Å². The predicted molar refractivity (Wildman–Crippen MR) is 55.2 cm³/mol. The first-order valence-corrected chi connectivity index (χ1v) is 5.76. The summed E-state index contributed by atoms with van der Waals surface area (Å²) < 4.78 is 30.3. The molecule has 0 aliphatic heterocycles. The highest BCUT2D eigenvalue weighted by atomic mass is 32.2. The quantitative estimate of drug-likeness (QED) is 0.712. The van der Waals surface area contributed by atoms with Crippen LogP contribution in [0.25, 0.3) is 0 Å². The molecule has 0 fully saturated rings. The molecule has 0 aromatic carbocycles. The molecule has 0 atom stereocenters. The van der Waals surface area contributed by atoms with Crippen LogP contribution in [0.5, 0.6) is 0 Å². The summed E-state index contributed by atoms with van der Waals surface area (Å²) >= 11 is 0. The summed E-state index contributed by atoms with van der Waals surface area (Å²) in [6, 6.07) is 2.89. The van der Waals surface area contributed by atoms with Crippen molar-refractivity contribution in [1.82, 2.24) is 4.72 Å². The Morgan fingerprint density at radius 1 is 1.53 bits per heavy atom. The van der Waals surface area contributed by atoms with Crippen molar-refractivity contribution in [3.05, 3.63) is 17.9 Å². The number of hydrogen-bond donors (Lipinski definition) is 2. The minimum absolute atomic E-state index is 0.0670. The Morgan fingerprint density at radius 2 is 2.27 bits per heavy atom. The van der Waals surface area contributed by atoms with E-state index in [9.17, 15) is 8.42 Å². The monoisotopic (exact) mass is 228 g/mol. The fourth-order valence-corrected chi connectivity index (χ4v) is 1.77. The van der Waals surface area contributed by atoms with Gasteiger partial charge in [0.2, 0.25) is 5.09 Å². The van der Waals surface area contributed by atoms with Crippen molar-refractivity contribution in [1.29, 1.82) is 0 Å². The number of rotatable bonds is 4. The van der Waals surface area contributed by atoms with Gasteiger partial charge in [-0.3, -0.25) is 0 Å². The molecule has 5 nitrogen and oxygen atoms in total. The summed E-state index contributed by atoms with van der Waals surface area (Å²) in [5.74, 6) is 5.60. The zero-order valence-corrected chi connectivity index (χ0v) is 9.10. The van der Waals surface area contributed by atoms with Crippen LogP contribution < -0.4 is 10.5 Å². The molecule has 0 saturated heterocycles. The van der Waals surface area contributed by atoms with Gasteiger partial charge in [0.1, 0.15) is 5.76 Å². The van der Waals surface area contributed by atoms with Gasteiger partial charge in [0.25, 0.3) is 10.0 Å². The van der Waals surface area contributed by atoms with E-state index in [1.54, 1.807) is 6.92 Å². The number of nitrogens with one attached hydrogen (secondary N) is 1. The molecule has 3 N–H and O–H groups in total. The van der Waals surface area contributed by atoms with Crippen LogP contribution in [0, 0.1) is 11.8 Å². The molecule has 1 rings (SSSR count). The largest absolute Gasteiger partial charge is 0.447 e. The van der Waals surface area contributed by atoms with E-state index in [0.717, 1.165) is 0 Å². The first-order valence-electron chi connectivity index (χ1n) is 4.28. The third-order valence-electron chi connectivity index (χ3n) is 1.63. The molecule has 1 aromatic rings. The summed E-state index contributed by atoms with van der Waals surface area (Å²) in [6.07, 6.45) is 0. The topological polar surface area (TPSA) is 85.3 Å². The average molecular weight is 228 g/mol. The molecule has 0 aliphatic carbocycles. The van der Waals surface area contributed by atoms with Crippen LogP contribution in [0.15, 0.2) is 21.6 Å². The first kappa shape index (κ1) is 11.8. The highest BCUT2D eigenvalue weighted by Crippen LogP contribution is 2.12. The summed E-state index contributed by atoms with van der Waals surface area (Å²) in [4.78, 5) is 0. The van der Waals surface area contributed by atoms with E-state index >= 15 is 0 Å². The number of hydrogen-bond acceptors (Lipinski definition) is 4. The number of sulfonamides is 1. The van der Waals surface area contributed by atoms with Crippen LogP contribution in [0.1, 0.15) is 12.7 Å². The normalized spacial score (nSPS) is 10.8. The van der Waals surface area contributed by atoms with Gasteiger partial charge in [-0.15, -0.1) is 5.92 Å². The molecule has 1 aromatic heterocycles. The minimum atomic E-state index is -3.60. The third-order valence-corrected chi connectivity index (χ3v) is 2.90. The van der Waals surface area contributed by atoms with E-state index in [-0.39, 0.29) is 18.2 Å². The second kappa shape index (κ2) is 4.98. The number of furan rings is 1. The van der Waals surface area contributed by atoms with Gasteiger partial charge in [0.15, 0.2) is 0 Å². The predicted octanol–water partition coefficient (Wildman–Crippen LogP) is 0.0399.